The van der Waals surface area contributed by atoms with Crippen molar-refractivity contribution in [3.05, 3.63) is 47.7 Å². The maximum absolute atomic E-state index is 12.8. The van der Waals surface area contributed by atoms with Crippen LogP contribution in [0.25, 0.3) is 11.3 Å². The van der Waals surface area contributed by atoms with E-state index in [1.54, 1.807) is 5.32 Å². The SMILES string of the molecule is CC(OC(=O)c1ccc(-c2cccc(C(F)(F)F)c2)o1)C(=O)NCC(F)(F)F. The Morgan fingerprint density at radius 1 is 1.11 bits per heavy atom. The molecule has 0 aliphatic heterocycles. The Kier molecular flexibility index (Phi) is 6.05. The van der Waals surface area contributed by atoms with Crippen LogP contribution in [0.3, 0.4) is 0 Å². The van der Waals surface area contributed by atoms with E-state index in [0.717, 1.165) is 31.2 Å². The van der Waals surface area contributed by atoms with E-state index in [0.29, 0.717) is 0 Å². The largest absolute Gasteiger partial charge is 0.449 e. The molecule has 2 aromatic rings. The van der Waals surface area contributed by atoms with Gasteiger partial charge in [-0.05, 0) is 31.2 Å². The third kappa shape index (κ3) is 5.76. The van der Waals surface area contributed by atoms with Gasteiger partial charge in [0, 0.05) is 5.56 Å². The Labute approximate surface area is 154 Å². The van der Waals surface area contributed by atoms with E-state index < -0.39 is 48.2 Å². The summed E-state index contributed by atoms with van der Waals surface area (Å²) in [7, 11) is 0. The van der Waals surface area contributed by atoms with Crippen molar-refractivity contribution in [3.8, 4) is 11.3 Å². The number of furan rings is 1. The number of alkyl halides is 6. The maximum Gasteiger partial charge on any atom is 0.416 e. The predicted octanol–water partition coefficient (Wildman–Crippen LogP) is 4.19. The number of ether oxygens (including phenoxy) is 1. The van der Waals surface area contributed by atoms with E-state index in [4.69, 9.17) is 9.15 Å². The number of rotatable bonds is 5. The van der Waals surface area contributed by atoms with Crippen molar-refractivity contribution in [2.75, 3.05) is 6.54 Å². The van der Waals surface area contributed by atoms with Crippen LogP contribution in [0.1, 0.15) is 23.0 Å². The number of hydrogen-bond acceptors (Lipinski definition) is 4. The van der Waals surface area contributed by atoms with E-state index in [1.807, 2.05) is 0 Å². The average Bonchev–Trinajstić information content (AvgIpc) is 3.08. The molecule has 1 aromatic carbocycles. The molecule has 1 aromatic heterocycles. The first-order valence-electron chi connectivity index (χ1n) is 7.70. The fourth-order valence-corrected chi connectivity index (χ4v) is 2.05. The summed E-state index contributed by atoms with van der Waals surface area (Å²) in [5.74, 6) is -2.82. The summed E-state index contributed by atoms with van der Waals surface area (Å²) in [4.78, 5) is 23.4. The van der Waals surface area contributed by atoms with Gasteiger partial charge in [-0.15, -0.1) is 0 Å². The smallest absolute Gasteiger partial charge is 0.416 e. The quantitative estimate of drug-likeness (QED) is 0.594. The lowest BCUT2D eigenvalue weighted by Crippen LogP contribution is -2.40. The molecule has 28 heavy (non-hydrogen) atoms. The van der Waals surface area contributed by atoms with Crippen molar-refractivity contribution in [1.29, 1.82) is 0 Å². The summed E-state index contributed by atoms with van der Waals surface area (Å²) in [5, 5.41) is 1.55. The molecule has 1 atom stereocenters. The monoisotopic (exact) mass is 409 g/mol. The second kappa shape index (κ2) is 7.95. The summed E-state index contributed by atoms with van der Waals surface area (Å²) in [6.45, 7) is -0.533. The first kappa shape index (κ1) is 21.3. The molecular weight excluding hydrogens is 396 g/mol. The van der Waals surface area contributed by atoms with Crippen molar-refractivity contribution >= 4 is 11.9 Å². The lowest BCUT2D eigenvalue weighted by Gasteiger charge is -2.13. The molecule has 1 N–H and O–H groups in total. The summed E-state index contributed by atoms with van der Waals surface area (Å²) in [6.07, 6.45) is -10.7. The molecule has 0 saturated carbocycles. The van der Waals surface area contributed by atoms with E-state index in [9.17, 15) is 35.9 Å². The number of halogens is 6. The van der Waals surface area contributed by atoms with Crippen LogP contribution in [0.15, 0.2) is 40.8 Å². The van der Waals surface area contributed by atoms with Crippen molar-refractivity contribution < 1.29 is 45.1 Å². The number of nitrogens with one attached hydrogen (secondary N) is 1. The number of benzene rings is 1. The molecule has 0 spiro atoms. The van der Waals surface area contributed by atoms with Gasteiger partial charge in [0.1, 0.15) is 12.3 Å². The molecular formula is C17H13F6NO4. The van der Waals surface area contributed by atoms with Gasteiger partial charge in [0.2, 0.25) is 5.76 Å². The molecule has 2 rings (SSSR count). The van der Waals surface area contributed by atoms with Gasteiger partial charge in [0.15, 0.2) is 6.10 Å². The molecule has 0 aliphatic rings. The van der Waals surface area contributed by atoms with Crippen molar-refractivity contribution in [1.82, 2.24) is 5.32 Å². The highest BCUT2D eigenvalue weighted by Crippen LogP contribution is 2.32. The molecule has 0 aliphatic carbocycles. The van der Waals surface area contributed by atoms with E-state index >= 15 is 0 Å². The van der Waals surface area contributed by atoms with Crippen LogP contribution in [0.2, 0.25) is 0 Å². The summed E-state index contributed by atoms with van der Waals surface area (Å²) in [6, 6.07) is 6.50. The van der Waals surface area contributed by atoms with Gasteiger partial charge in [0.05, 0.1) is 5.56 Å². The summed E-state index contributed by atoms with van der Waals surface area (Å²) >= 11 is 0. The van der Waals surface area contributed by atoms with Gasteiger partial charge in [-0.25, -0.2) is 4.79 Å². The van der Waals surface area contributed by atoms with Crippen LogP contribution in [0.5, 0.6) is 0 Å². The third-order valence-electron chi connectivity index (χ3n) is 3.40. The Morgan fingerprint density at radius 3 is 2.39 bits per heavy atom. The lowest BCUT2D eigenvalue weighted by atomic mass is 10.1. The minimum absolute atomic E-state index is 0.0462. The number of carbonyl (C=O) groups is 2. The topological polar surface area (TPSA) is 68.5 Å². The van der Waals surface area contributed by atoms with Crippen LogP contribution >= 0.6 is 0 Å². The predicted molar refractivity (Wildman–Crippen MR) is 83.1 cm³/mol. The molecule has 0 saturated heterocycles. The van der Waals surface area contributed by atoms with Crippen molar-refractivity contribution in [2.24, 2.45) is 0 Å². The minimum Gasteiger partial charge on any atom is -0.449 e. The van der Waals surface area contributed by atoms with Crippen LogP contribution in [-0.2, 0) is 15.7 Å². The van der Waals surface area contributed by atoms with Gasteiger partial charge in [0.25, 0.3) is 5.91 Å². The zero-order valence-corrected chi connectivity index (χ0v) is 14.1. The standard InChI is InChI=1S/C17H13F6NO4/c1-9(14(25)24-8-16(18,19)20)27-15(26)13-6-5-12(28-13)10-3-2-4-11(7-10)17(21,22)23/h2-7,9H,8H2,1H3,(H,24,25). The molecule has 0 bridgehead atoms. The molecule has 1 unspecified atom stereocenters. The van der Waals surface area contributed by atoms with Gasteiger partial charge in [-0.3, -0.25) is 4.79 Å². The molecule has 0 fully saturated rings. The van der Waals surface area contributed by atoms with Gasteiger partial charge in [-0.1, -0.05) is 12.1 Å². The molecule has 152 valence electrons. The Balaban J connectivity index is 2.05. The Morgan fingerprint density at radius 2 is 1.79 bits per heavy atom. The van der Waals surface area contributed by atoms with Gasteiger partial charge in [-0.2, -0.15) is 26.3 Å². The molecule has 5 nitrogen and oxygen atoms in total. The zero-order chi connectivity index (χ0) is 21.1. The van der Waals surface area contributed by atoms with Crippen molar-refractivity contribution in [3.63, 3.8) is 0 Å². The molecule has 1 heterocycles. The lowest BCUT2D eigenvalue weighted by molar-refractivity contribution is -0.143. The summed E-state index contributed by atoms with van der Waals surface area (Å²) in [5.41, 5.74) is -0.870. The normalized spacial score (nSPS) is 13.1. The van der Waals surface area contributed by atoms with E-state index in [-0.39, 0.29) is 11.3 Å². The molecule has 1 amide bonds. The summed E-state index contributed by atoms with van der Waals surface area (Å²) < 4.78 is 84.3. The fourth-order valence-electron chi connectivity index (χ4n) is 2.05. The van der Waals surface area contributed by atoms with Crippen LogP contribution in [0, 0.1) is 0 Å². The number of carbonyl (C=O) groups excluding carboxylic acids is 2. The number of esters is 1. The zero-order valence-electron chi connectivity index (χ0n) is 14.1. The number of amides is 1. The second-order valence-corrected chi connectivity index (χ2v) is 5.62. The Bertz CT molecular complexity index is 856. The van der Waals surface area contributed by atoms with Crippen LogP contribution in [0.4, 0.5) is 26.3 Å². The molecule has 0 radical (unpaired) electrons. The number of hydrogen-bond donors (Lipinski definition) is 1. The van der Waals surface area contributed by atoms with Gasteiger partial charge >= 0.3 is 18.3 Å². The first-order chi connectivity index (χ1) is 12.9. The maximum atomic E-state index is 12.8. The fraction of sp³-hybridized carbons (Fsp3) is 0.294. The molecule has 11 heteroatoms. The van der Waals surface area contributed by atoms with Crippen molar-refractivity contribution in [2.45, 2.75) is 25.4 Å². The van der Waals surface area contributed by atoms with E-state index in [2.05, 4.69) is 0 Å². The minimum atomic E-state index is -4.62. The first-order valence-corrected chi connectivity index (χ1v) is 7.70. The third-order valence-corrected chi connectivity index (χ3v) is 3.40. The average molecular weight is 409 g/mol. The highest BCUT2D eigenvalue weighted by molar-refractivity contribution is 5.90. The van der Waals surface area contributed by atoms with Crippen LogP contribution < -0.4 is 5.32 Å². The highest BCUT2D eigenvalue weighted by Gasteiger charge is 2.31. The second-order valence-electron chi connectivity index (χ2n) is 5.62. The van der Waals surface area contributed by atoms with Gasteiger partial charge < -0.3 is 14.5 Å². The Hall–Kier alpha value is -2.98. The van der Waals surface area contributed by atoms with Crippen LogP contribution in [-0.4, -0.2) is 30.7 Å². The van der Waals surface area contributed by atoms with E-state index in [1.165, 1.54) is 12.1 Å². The highest BCUT2D eigenvalue weighted by atomic mass is 19.4.